The second-order valence-electron chi connectivity index (χ2n) is 4.64. The number of hydrogen-bond acceptors (Lipinski definition) is 4. The van der Waals surface area contributed by atoms with E-state index in [1.54, 1.807) is 18.4 Å². The van der Waals surface area contributed by atoms with E-state index >= 15 is 0 Å². The summed E-state index contributed by atoms with van der Waals surface area (Å²) >= 11 is 6.12. The Morgan fingerprint density at radius 1 is 1.24 bits per heavy atom. The molecule has 0 fully saturated rings. The van der Waals surface area contributed by atoms with Crippen LogP contribution in [0.25, 0.3) is 11.0 Å². The van der Waals surface area contributed by atoms with Gasteiger partial charge >= 0.3 is 0 Å². The third-order valence-electron chi connectivity index (χ3n) is 3.21. The number of ether oxygens (including phenoxy) is 1. The van der Waals surface area contributed by atoms with Crippen LogP contribution in [0.5, 0.6) is 5.75 Å². The number of anilines is 1. The van der Waals surface area contributed by atoms with Gasteiger partial charge in [0, 0.05) is 28.9 Å². The van der Waals surface area contributed by atoms with E-state index in [0.717, 1.165) is 22.7 Å². The van der Waals surface area contributed by atoms with Crippen molar-refractivity contribution in [1.29, 1.82) is 5.41 Å². The van der Waals surface area contributed by atoms with Crippen molar-refractivity contribution in [2.24, 2.45) is 0 Å². The third-order valence-corrected chi connectivity index (χ3v) is 3.50. The largest absolute Gasteiger partial charge is 0.487 e. The Morgan fingerprint density at radius 3 is 2.90 bits per heavy atom. The van der Waals surface area contributed by atoms with Gasteiger partial charge in [0.15, 0.2) is 0 Å². The van der Waals surface area contributed by atoms with E-state index in [0.29, 0.717) is 28.6 Å². The van der Waals surface area contributed by atoms with Crippen molar-refractivity contribution >= 4 is 34.5 Å². The zero-order valence-electron chi connectivity index (χ0n) is 11.1. The van der Waals surface area contributed by atoms with E-state index in [1.165, 1.54) is 0 Å². The first-order valence-electron chi connectivity index (χ1n) is 6.36. The van der Waals surface area contributed by atoms with Crippen molar-refractivity contribution in [3.05, 3.63) is 58.8 Å². The molecule has 21 heavy (non-hydrogen) atoms. The highest BCUT2D eigenvalue weighted by atomic mass is 35.5. The lowest BCUT2D eigenvalue weighted by molar-refractivity contribution is 0.306. The lowest BCUT2D eigenvalue weighted by Gasteiger charge is -2.10. The molecule has 0 spiro atoms. The van der Waals surface area contributed by atoms with Crippen molar-refractivity contribution in [1.82, 2.24) is 0 Å². The molecule has 0 bridgehead atoms. The highest BCUT2D eigenvalue weighted by Crippen LogP contribution is 2.30. The van der Waals surface area contributed by atoms with Crippen LogP contribution in [0.15, 0.2) is 47.1 Å². The van der Waals surface area contributed by atoms with Gasteiger partial charge in [0.1, 0.15) is 17.9 Å². The Morgan fingerprint density at radius 2 is 2.10 bits per heavy atom. The zero-order valence-corrected chi connectivity index (χ0v) is 11.9. The summed E-state index contributed by atoms with van der Waals surface area (Å²) in [5.74, 6) is 0.499. The Bertz CT molecular complexity index is 811. The molecule has 3 N–H and O–H groups in total. The van der Waals surface area contributed by atoms with Crippen LogP contribution >= 0.6 is 11.6 Å². The summed E-state index contributed by atoms with van der Waals surface area (Å²) in [7, 11) is 0. The third kappa shape index (κ3) is 2.71. The van der Waals surface area contributed by atoms with Gasteiger partial charge in [-0.15, -0.1) is 0 Å². The van der Waals surface area contributed by atoms with Gasteiger partial charge in [-0.1, -0.05) is 23.7 Å². The highest BCUT2D eigenvalue weighted by molar-refractivity contribution is 6.32. The molecule has 0 saturated carbocycles. The van der Waals surface area contributed by atoms with Crippen LogP contribution in [0.2, 0.25) is 5.02 Å². The number of furan rings is 1. The SMILES string of the molecule is N=Cc1cc(Cl)c(OCc2ccc3ccoc3c2)cc1N. The number of nitrogen functional groups attached to an aromatic ring is 1. The first-order chi connectivity index (χ1) is 10.2. The minimum Gasteiger partial charge on any atom is -0.487 e. The number of rotatable bonds is 4. The van der Waals surface area contributed by atoms with Crippen LogP contribution in [-0.4, -0.2) is 6.21 Å². The molecule has 1 aromatic heterocycles. The molecular formula is C16H13ClN2O2. The molecule has 0 aliphatic heterocycles. The van der Waals surface area contributed by atoms with Gasteiger partial charge in [-0.2, -0.15) is 0 Å². The molecular weight excluding hydrogens is 288 g/mol. The number of fused-ring (bicyclic) bond motifs is 1. The molecule has 106 valence electrons. The topological polar surface area (TPSA) is 72.2 Å². The van der Waals surface area contributed by atoms with Crippen molar-refractivity contribution in [2.45, 2.75) is 6.61 Å². The minimum atomic E-state index is 0.361. The van der Waals surface area contributed by atoms with Crippen LogP contribution in [0.4, 0.5) is 5.69 Å². The fourth-order valence-corrected chi connectivity index (χ4v) is 2.30. The van der Waals surface area contributed by atoms with Crippen molar-refractivity contribution in [3.8, 4) is 5.75 Å². The molecule has 1 heterocycles. The van der Waals surface area contributed by atoms with Crippen LogP contribution in [0.1, 0.15) is 11.1 Å². The lowest BCUT2D eigenvalue weighted by Crippen LogP contribution is -1.99. The number of halogens is 1. The predicted octanol–water partition coefficient (Wildman–Crippen LogP) is 4.25. The second-order valence-corrected chi connectivity index (χ2v) is 5.04. The maximum atomic E-state index is 7.23. The van der Waals surface area contributed by atoms with Crippen LogP contribution < -0.4 is 10.5 Å². The molecule has 0 aliphatic rings. The first kappa shape index (κ1) is 13.5. The molecule has 0 saturated heterocycles. The number of benzene rings is 2. The summed E-state index contributed by atoms with van der Waals surface area (Å²) in [5, 5.41) is 8.72. The van der Waals surface area contributed by atoms with Crippen molar-refractivity contribution in [2.75, 3.05) is 5.73 Å². The van der Waals surface area contributed by atoms with Gasteiger partial charge < -0.3 is 20.3 Å². The van der Waals surface area contributed by atoms with E-state index in [1.807, 2.05) is 24.3 Å². The molecule has 3 rings (SSSR count). The van der Waals surface area contributed by atoms with Crippen LogP contribution in [-0.2, 0) is 6.61 Å². The normalized spacial score (nSPS) is 10.7. The van der Waals surface area contributed by atoms with E-state index in [-0.39, 0.29) is 0 Å². The average Bonchev–Trinajstić information content (AvgIpc) is 2.95. The van der Waals surface area contributed by atoms with Crippen molar-refractivity contribution < 1.29 is 9.15 Å². The Kier molecular flexibility index (Phi) is 3.54. The van der Waals surface area contributed by atoms with Crippen LogP contribution in [0, 0.1) is 5.41 Å². The van der Waals surface area contributed by atoms with Gasteiger partial charge in [0.2, 0.25) is 0 Å². The molecule has 0 amide bonds. The predicted molar refractivity (Wildman–Crippen MR) is 84.3 cm³/mol. The maximum Gasteiger partial charge on any atom is 0.140 e. The molecule has 5 heteroatoms. The van der Waals surface area contributed by atoms with Crippen molar-refractivity contribution in [3.63, 3.8) is 0 Å². The van der Waals surface area contributed by atoms with E-state index in [9.17, 15) is 0 Å². The summed E-state index contributed by atoms with van der Waals surface area (Å²) in [6, 6.07) is 11.0. The average molecular weight is 301 g/mol. The molecule has 0 atom stereocenters. The highest BCUT2D eigenvalue weighted by Gasteiger charge is 2.07. The molecule has 0 unspecified atom stereocenters. The zero-order chi connectivity index (χ0) is 14.8. The second kappa shape index (κ2) is 5.50. The summed E-state index contributed by atoms with van der Waals surface area (Å²) in [6.07, 6.45) is 2.82. The summed E-state index contributed by atoms with van der Waals surface area (Å²) in [6.45, 7) is 0.361. The summed E-state index contributed by atoms with van der Waals surface area (Å²) in [5.41, 5.74) is 8.66. The Labute approximate surface area is 126 Å². The Hall–Kier alpha value is -2.46. The smallest absolute Gasteiger partial charge is 0.140 e. The first-order valence-corrected chi connectivity index (χ1v) is 6.73. The van der Waals surface area contributed by atoms with Crippen LogP contribution in [0.3, 0.4) is 0 Å². The van der Waals surface area contributed by atoms with Gasteiger partial charge in [-0.3, -0.25) is 0 Å². The van der Waals surface area contributed by atoms with E-state index in [4.69, 9.17) is 31.9 Å². The standard InChI is InChI=1S/C16H13ClN2O2/c17-13-6-12(8-18)14(19)7-16(13)21-9-10-1-2-11-3-4-20-15(11)5-10/h1-8,18H,9,19H2. The minimum absolute atomic E-state index is 0.361. The van der Waals surface area contributed by atoms with E-state index < -0.39 is 0 Å². The Balaban J connectivity index is 1.80. The van der Waals surface area contributed by atoms with E-state index in [2.05, 4.69) is 0 Å². The lowest BCUT2D eigenvalue weighted by atomic mass is 10.1. The summed E-state index contributed by atoms with van der Waals surface area (Å²) in [4.78, 5) is 0. The molecule has 3 aromatic rings. The monoisotopic (exact) mass is 300 g/mol. The van der Waals surface area contributed by atoms with Gasteiger partial charge in [0.05, 0.1) is 11.3 Å². The number of nitrogens with two attached hydrogens (primary N) is 1. The van der Waals surface area contributed by atoms with Gasteiger partial charge in [-0.05, 0) is 23.8 Å². The maximum absolute atomic E-state index is 7.23. The quantitative estimate of drug-likeness (QED) is 0.559. The fourth-order valence-electron chi connectivity index (χ4n) is 2.07. The number of hydrogen-bond donors (Lipinski definition) is 2. The number of nitrogens with one attached hydrogen (secondary N) is 1. The summed E-state index contributed by atoms with van der Waals surface area (Å²) < 4.78 is 11.1. The van der Waals surface area contributed by atoms with Gasteiger partial charge in [0.25, 0.3) is 0 Å². The fraction of sp³-hybridized carbons (Fsp3) is 0.0625. The molecule has 4 nitrogen and oxygen atoms in total. The molecule has 0 radical (unpaired) electrons. The molecule has 2 aromatic carbocycles. The van der Waals surface area contributed by atoms with Gasteiger partial charge in [-0.25, -0.2) is 0 Å². The molecule has 0 aliphatic carbocycles.